The molecule has 1 aliphatic heterocycles. The molecule has 0 atom stereocenters. The highest BCUT2D eigenvalue weighted by atomic mass is 19.1. The van der Waals surface area contributed by atoms with Crippen LogP contribution in [-0.4, -0.2) is 69.3 Å². The minimum atomic E-state index is -1.17. The van der Waals surface area contributed by atoms with Crippen molar-refractivity contribution in [3.8, 4) is 5.69 Å². The van der Waals surface area contributed by atoms with Gasteiger partial charge in [0.1, 0.15) is 23.0 Å². The number of hydrogen-bond acceptors (Lipinski definition) is 7. The van der Waals surface area contributed by atoms with Crippen LogP contribution < -0.4 is 5.56 Å². The molecule has 0 radical (unpaired) electrons. The number of nitrogens with one attached hydrogen (secondary N) is 1. The Bertz CT molecular complexity index is 1650. The Balaban J connectivity index is 1.18. The zero-order valence-corrected chi connectivity index (χ0v) is 19.0. The van der Waals surface area contributed by atoms with Gasteiger partial charge in [0.05, 0.1) is 29.5 Å². The monoisotopic (exact) mass is 488 g/mol. The van der Waals surface area contributed by atoms with Crippen molar-refractivity contribution >= 4 is 28.0 Å². The lowest BCUT2D eigenvalue weighted by molar-refractivity contribution is -0.0299. The summed E-state index contributed by atoms with van der Waals surface area (Å²) in [6, 6.07) is 10.9. The van der Waals surface area contributed by atoms with Gasteiger partial charge in [0, 0.05) is 18.7 Å². The molecular formula is C24H21FN8O3. The largest absolute Gasteiger partial charge is 0.388 e. The average molecular weight is 488 g/mol. The molecule has 3 aromatic heterocycles. The molecular weight excluding hydrogens is 467 g/mol. The first-order chi connectivity index (χ1) is 17.4. The third-order valence-corrected chi connectivity index (χ3v) is 6.64. The third kappa shape index (κ3) is 3.81. The number of aromatic nitrogens is 7. The molecule has 1 aliphatic rings. The van der Waals surface area contributed by atoms with E-state index in [4.69, 9.17) is 0 Å². The van der Waals surface area contributed by atoms with Crippen LogP contribution in [0.3, 0.4) is 0 Å². The van der Waals surface area contributed by atoms with Crippen LogP contribution in [0.5, 0.6) is 0 Å². The fourth-order valence-corrected chi connectivity index (χ4v) is 4.59. The van der Waals surface area contributed by atoms with Gasteiger partial charge in [-0.1, -0.05) is 5.21 Å². The molecule has 0 spiro atoms. The van der Waals surface area contributed by atoms with Crippen molar-refractivity contribution in [2.75, 3.05) is 13.1 Å². The summed E-state index contributed by atoms with van der Waals surface area (Å²) in [7, 11) is 0. The van der Waals surface area contributed by atoms with Gasteiger partial charge in [0.15, 0.2) is 5.65 Å². The summed E-state index contributed by atoms with van der Waals surface area (Å²) in [4.78, 5) is 32.1. The SMILES string of the molecule is O=C(c1ccc2[nH]nnc2c1)N1CCC(O)(Cn2cnc3c(cnn3-c3ccc(F)cc3)c2=O)CC1. The zero-order valence-electron chi connectivity index (χ0n) is 19.0. The van der Waals surface area contributed by atoms with Crippen LogP contribution >= 0.6 is 0 Å². The Hall–Kier alpha value is -4.45. The number of fused-ring (bicyclic) bond motifs is 2. The Morgan fingerprint density at radius 3 is 2.69 bits per heavy atom. The maximum Gasteiger partial charge on any atom is 0.264 e. The van der Waals surface area contributed by atoms with E-state index in [2.05, 4.69) is 25.5 Å². The highest BCUT2D eigenvalue weighted by Crippen LogP contribution is 2.26. The van der Waals surface area contributed by atoms with Crippen LogP contribution in [0.2, 0.25) is 0 Å². The molecule has 36 heavy (non-hydrogen) atoms. The standard InChI is InChI=1S/C24H21FN8O3/c25-16-2-4-17(5-3-16)33-21-18(12-27-33)23(35)32(14-26-21)13-24(36)7-9-31(10-8-24)22(34)15-1-6-19-20(11-15)29-30-28-19/h1-6,11-12,14,36H,7-10,13H2,(H,28,29,30). The lowest BCUT2D eigenvalue weighted by atomic mass is 9.91. The van der Waals surface area contributed by atoms with Gasteiger partial charge in [-0.3, -0.25) is 19.3 Å². The molecule has 6 rings (SSSR count). The minimum Gasteiger partial charge on any atom is -0.388 e. The number of halogens is 1. The first-order valence-corrected chi connectivity index (χ1v) is 11.4. The summed E-state index contributed by atoms with van der Waals surface area (Å²) in [6.07, 6.45) is 3.42. The molecule has 0 unspecified atom stereocenters. The van der Waals surface area contributed by atoms with Crippen LogP contribution in [0.15, 0.2) is 59.8 Å². The maximum atomic E-state index is 13.3. The summed E-state index contributed by atoms with van der Waals surface area (Å²) in [5, 5.41) is 26.2. The Morgan fingerprint density at radius 1 is 1.14 bits per heavy atom. The van der Waals surface area contributed by atoms with Gasteiger partial charge in [-0.15, -0.1) is 5.10 Å². The van der Waals surface area contributed by atoms with E-state index in [1.807, 2.05) is 0 Å². The minimum absolute atomic E-state index is 0.0451. The second-order valence-electron chi connectivity index (χ2n) is 9.01. The number of nitrogens with zero attached hydrogens (tertiary/aromatic N) is 7. The van der Waals surface area contributed by atoms with Crippen LogP contribution in [0.4, 0.5) is 4.39 Å². The van der Waals surface area contributed by atoms with Crippen molar-refractivity contribution in [2.45, 2.75) is 25.0 Å². The topological polar surface area (TPSA) is 135 Å². The number of carbonyl (C=O) groups excluding carboxylic acids is 1. The highest BCUT2D eigenvalue weighted by molar-refractivity contribution is 5.97. The van der Waals surface area contributed by atoms with Crippen molar-refractivity contribution in [1.29, 1.82) is 0 Å². The highest BCUT2D eigenvalue weighted by Gasteiger charge is 2.35. The summed E-state index contributed by atoms with van der Waals surface area (Å²) < 4.78 is 16.1. The molecule has 4 heterocycles. The molecule has 2 aromatic carbocycles. The third-order valence-electron chi connectivity index (χ3n) is 6.64. The Kier molecular flexibility index (Phi) is 5.11. The van der Waals surface area contributed by atoms with Gasteiger partial charge in [-0.05, 0) is 55.3 Å². The normalized spacial score (nSPS) is 15.6. The van der Waals surface area contributed by atoms with E-state index in [0.29, 0.717) is 53.7 Å². The van der Waals surface area contributed by atoms with Gasteiger partial charge in [-0.25, -0.2) is 14.1 Å². The molecule has 0 aliphatic carbocycles. The zero-order chi connectivity index (χ0) is 24.9. The van der Waals surface area contributed by atoms with Gasteiger partial charge in [-0.2, -0.15) is 5.10 Å². The molecule has 1 amide bonds. The fraction of sp³-hybridized carbons (Fsp3) is 0.250. The molecule has 1 saturated heterocycles. The Morgan fingerprint density at radius 2 is 1.92 bits per heavy atom. The second kappa shape index (κ2) is 8.34. The lowest BCUT2D eigenvalue weighted by Crippen LogP contribution is -2.49. The second-order valence-corrected chi connectivity index (χ2v) is 9.01. The average Bonchev–Trinajstić information content (AvgIpc) is 3.53. The smallest absolute Gasteiger partial charge is 0.264 e. The summed E-state index contributed by atoms with van der Waals surface area (Å²) in [5.41, 5.74) is 1.29. The van der Waals surface area contributed by atoms with Crippen LogP contribution in [-0.2, 0) is 6.54 Å². The van der Waals surface area contributed by atoms with E-state index in [-0.39, 0.29) is 23.8 Å². The number of hydrogen-bond donors (Lipinski definition) is 2. The molecule has 5 aromatic rings. The van der Waals surface area contributed by atoms with Gasteiger partial charge >= 0.3 is 0 Å². The number of benzene rings is 2. The summed E-state index contributed by atoms with van der Waals surface area (Å²) >= 11 is 0. The predicted molar refractivity (Wildman–Crippen MR) is 127 cm³/mol. The molecule has 182 valence electrons. The number of aromatic amines is 1. The van der Waals surface area contributed by atoms with Crippen LogP contribution in [0.1, 0.15) is 23.2 Å². The molecule has 2 N–H and O–H groups in total. The Labute approximate surface area is 202 Å². The van der Waals surface area contributed by atoms with Crippen molar-refractivity contribution in [3.63, 3.8) is 0 Å². The number of rotatable bonds is 4. The fourth-order valence-electron chi connectivity index (χ4n) is 4.59. The molecule has 0 saturated carbocycles. The van der Waals surface area contributed by atoms with Crippen molar-refractivity contribution in [2.24, 2.45) is 0 Å². The van der Waals surface area contributed by atoms with Gasteiger partial charge in [0.25, 0.3) is 11.5 Å². The lowest BCUT2D eigenvalue weighted by Gasteiger charge is -2.38. The molecule has 1 fully saturated rings. The van der Waals surface area contributed by atoms with Crippen LogP contribution in [0, 0.1) is 5.82 Å². The summed E-state index contributed by atoms with van der Waals surface area (Å²) in [6.45, 7) is 0.738. The number of H-pyrrole nitrogens is 1. The molecule has 12 heteroatoms. The first-order valence-electron chi connectivity index (χ1n) is 11.4. The van der Waals surface area contributed by atoms with Crippen molar-refractivity contribution in [3.05, 3.63) is 76.7 Å². The van der Waals surface area contributed by atoms with E-state index in [1.54, 1.807) is 35.2 Å². The van der Waals surface area contributed by atoms with E-state index in [9.17, 15) is 19.1 Å². The van der Waals surface area contributed by atoms with Crippen molar-refractivity contribution < 1.29 is 14.3 Å². The maximum absolute atomic E-state index is 13.3. The van der Waals surface area contributed by atoms with E-state index in [0.717, 1.165) is 5.52 Å². The van der Waals surface area contributed by atoms with Gasteiger partial charge < -0.3 is 10.0 Å². The van der Waals surface area contributed by atoms with E-state index in [1.165, 1.54) is 33.9 Å². The quantitative estimate of drug-likeness (QED) is 0.393. The van der Waals surface area contributed by atoms with Crippen molar-refractivity contribution in [1.82, 2.24) is 39.6 Å². The molecule has 11 nitrogen and oxygen atoms in total. The number of aliphatic hydroxyl groups is 1. The first kappa shape index (κ1) is 22.0. The number of carbonyl (C=O) groups is 1. The number of amides is 1. The summed E-state index contributed by atoms with van der Waals surface area (Å²) in [5.74, 6) is -0.516. The molecule has 0 bridgehead atoms. The van der Waals surface area contributed by atoms with E-state index >= 15 is 0 Å². The predicted octanol–water partition coefficient (Wildman–Crippen LogP) is 1.66. The number of piperidine rings is 1. The van der Waals surface area contributed by atoms with Crippen LogP contribution in [0.25, 0.3) is 27.8 Å². The van der Waals surface area contributed by atoms with Gasteiger partial charge in [0.2, 0.25) is 0 Å². The number of likely N-dealkylation sites (tertiary alicyclic amines) is 1. The van der Waals surface area contributed by atoms with E-state index < -0.39 is 5.60 Å².